The van der Waals surface area contributed by atoms with Crippen LogP contribution in [-0.4, -0.2) is 12.6 Å². The van der Waals surface area contributed by atoms with E-state index in [0.717, 1.165) is 6.07 Å². The van der Waals surface area contributed by atoms with Gasteiger partial charge in [-0.25, -0.2) is 4.79 Å². The molecule has 0 aliphatic rings. The van der Waals surface area contributed by atoms with Crippen LogP contribution in [0.25, 0.3) is 0 Å². The number of hydrogen-bond acceptors (Lipinski definition) is 2. The van der Waals surface area contributed by atoms with E-state index in [1.165, 1.54) is 6.07 Å². The monoisotopic (exact) mass is 330 g/mol. The molecule has 0 aliphatic heterocycles. The van der Waals surface area contributed by atoms with E-state index < -0.39 is 22.7 Å². The Hall–Kier alpha value is -0.750. The van der Waals surface area contributed by atoms with Crippen molar-refractivity contribution < 1.29 is 22.7 Å². The third kappa shape index (κ3) is 3.13. The van der Waals surface area contributed by atoms with Crippen LogP contribution >= 0.6 is 27.5 Å². The van der Waals surface area contributed by atoms with Gasteiger partial charge >= 0.3 is 12.1 Å². The number of alkyl halides is 3. The number of carbonyl (C=O) groups is 1. The van der Waals surface area contributed by atoms with E-state index in [-0.39, 0.29) is 16.6 Å². The molecule has 1 aromatic carbocycles. The molecular formula is C10H7BrClF3O2. The van der Waals surface area contributed by atoms with Crippen LogP contribution in [0, 0.1) is 0 Å². The number of carbonyl (C=O) groups excluding carboxylic acids is 1. The second-order valence-corrected chi connectivity index (χ2v) is 4.23. The Morgan fingerprint density at radius 2 is 2.06 bits per heavy atom. The van der Waals surface area contributed by atoms with Crippen molar-refractivity contribution in [1.29, 1.82) is 0 Å². The van der Waals surface area contributed by atoms with Gasteiger partial charge in [0.2, 0.25) is 0 Å². The van der Waals surface area contributed by atoms with Crippen LogP contribution in [0.4, 0.5) is 13.2 Å². The Bertz CT molecular complexity index is 446. The fourth-order valence-electron chi connectivity index (χ4n) is 1.18. The molecule has 0 unspecified atom stereocenters. The quantitative estimate of drug-likeness (QED) is 0.755. The molecule has 0 N–H and O–H groups in total. The summed E-state index contributed by atoms with van der Waals surface area (Å²) in [5, 5.41) is -0.662. The molecule has 2 nitrogen and oxygen atoms in total. The van der Waals surface area contributed by atoms with Crippen molar-refractivity contribution in [3.63, 3.8) is 0 Å². The summed E-state index contributed by atoms with van der Waals surface area (Å²) in [5.41, 5.74) is -1.38. The molecule has 0 fully saturated rings. The molecule has 0 saturated heterocycles. The van der Waals surface area contributed by atoms with Gasteiger partial charge in [0.15, 0.2) is 0 Å². The van der Waals surface area contributed by atoms with E-state index in [9.17, 15) is 18.0 Å². The molecule has 0 bridgehead atoms. The van der Waals surface area contributed by atoms with Gasteiger partial charge < -0.3 is 4.74 Å². The zero-order valence-corrected chi connectivity index (χ0v) is 10.9. The largest absolute Gasteiger partial charge is 0.462 e. The highest BCUT2D eigenvalue weighted by molar-refractivity contribution is 9.10. The van der Waals surface area contributed by atoms with Gasteiger partial charge in [0, 0.05) is 4.47 Å². The SMILES string of the molecule is CCOC(=O)c1ccc(Br)c(C(F)(F)F)c1Cl. The summed E-state index contributed by atoms with van der Waals surface area (Å²) in [6.07, 6.45) is -4.64. The minimum Gasteiger partial charge on any atom is -0.462 e. The summed E-state index contributed by atoms with van der Waals surface area (Å²) >= 11 is 8.33. The van der Waals surface area contributed by atoms with Crippen molar-refractivity contribution >= 4 is 33.5 Å². The van der Waals surface area contributed by atoms with Crippen molar-refractivity contribution in [3.05, 3.63) is 32.8 Å². The average Bonchev–Trinajstić information content (AvgIpc) is 2.15. The van der Waals surface area contributed by atoms with Crippen molar-refractivity contribution in [2.45, 2.75) is 13.1 Å². The molecule has 1 rings (SSSR count). The highest BCUT2D eigenvalue weighted by Crippen LogP contribution is 2.41. The fraction of sp³-hybridized carbons (Fsp3) is 0.300. The van der Waals surface area contributed by atoms with Gasteiger partial charge in [0.1, 0.15) is 0 Å². The van der Waals surface area contributed by atoms with Gasteiger partial charge in [-0.2, -0.15) is 13.2 Å². The van der Waals surface area contributed by atoms with E-state index in [1.807, 2.05) is 0 Å². The van der Waals surface area contributed by atoms with Crippen molar-refractivity contribution in [2.75, 3.05) is 6.61 Å². The van der Waals surface area contributed by atoms with Crippen LogP contribution in [0.3, 0.4) is 0 Å². The lowest BCUT2D eigenvalue weighted by Gasteiger charge is -2.13. The van der Waals surface area contributed by atoms with Gasteiger partial charge in [-0.3, -0.25) is 0 Å². The predicted octanol–water partition coefficient (Wildman–Crippen LogP) is 4.30. The summed E-state index contributed by atoms with van der Waals surface area (Å²) < 4.78 is 42.4. The lowest BCUT2D eigenvalue weighted by molar-refractivity contribution is -0.138. The van der Waals surface area contributed by atoms with Gasteiger partial charge in [-0.15, -0.1) is 0 Å². The molecule has 0 saturated carbocycles. The Balaban J connectivity index is 3.34. The highest BCUT2D eigenvalue weighted by Gasteiger charge is 2.37. The first-order valence-corrected chi connectivity index (χ1v) is 5.68. The van der Waals surface area contributed by atoms with Crippen LogP contribution in [0.2, 0.25) is 5.02 Å². The number of rotatable bonds is 2. The van der Waals surface area contributed by atoms with Crippen LogP contribution in [0.5, 0.6) is 0 Å². The van der Waals surface area contributed by atoms with Gasteiger partial charge in [0.25, 0.3) is 0 Å². The number of halogens is 5. The van der Waals surface area contributed by atoms with E-state index in [1.54, 1.807) is 6.92 Å². The maximum Gasteiger partial charge on any atom is 0.418 e. The molecule has 0 aliphatic carbocycles. The van der Waals surface area contributed by atoms with Crippen LogP contribution in [-0.2, 0) is 10.9 Å². The number of esters is 1. The third-order valence-corrected chi connectivity index (χ3v) is 2.92. The smallest absolute Gasteiger partial charge is 0.418 e. The molecule has 0 heterocycles. The van der Waals surface area contributed by atoms with E-state index in [2.05, 4.69) is 20.7 Å². The summed E-state index contributed by atoms with van der Waals surface area (Å²) in [4.78, 5) is 11.4. The second kappa shape index (κ2) is 5.27. The summed E-state index contributed by atoms with van der Waals surface area (Å²) in [5.74, 6) is -0.879. The molecule has 17 heavy (non-hydrogen) atoms. The second-order valence-electron chi connectivity index (χ2n) is 3.00. The summed E-state index contributed by atoms with van der Waals surface area (Å²) in [7, 11) is 0. The van der Waals surface area contributed by atoms with E-state index >= 15 is 0 Å². The maximum atomic E-state index is 12.7. The standard InChI is InChI=1S/C10H7BrClF3O2/c1-2-17-9(16)5-3-4-6(11)7(8(5)12)10(13,14)15/h3-4H,2H2,1H3. The van der Waals surface area contributed by atoms with Crippen LogP contribution in [0.1, 0.15) is 22.8 Å². The average molecular weight is 332 g/mol. The zero-order chi connectivity index (χ0) is 13.2. The van der Waals surface area contributed by atoms with E-state index in [0.29, 0.717) is 0 Å². The Labute approximate surface area is 109 Å². The van der Waals surface area contributed by atoms with Gasteiger partial charge in [0.05, 0.1) is 22.8 Å². The van der Waals surface area contributed by atoms with Crippen LogP contribution < -0.4 is 0 Å². The minimum absolute atomic E-state index is 0.0621. The fourth-order valence-corrected chi connectivity index (χ4v) is 2.20. The number of benzene rings is 1. The summed E-state index contributed by atoms with van der Waals surface area (Å²) in [6, 6.07) is 2.29. The van der Waals surface area contributed by atoms with Gasteiger partial charge in [-0.1, -0.05) is 27.5 Å². The molecule has 94 valence electrons. The van der Waals surface area contributed by atoms with Crippen LogP contribution in [0.15, 0.2) is 16.6 Å². The minimum atomic E-state index is -4.64. The lowest BCUT2D eigenvalue weighted by Crippen LogP contribution is -2.12. The Kier molecular flexibility index (Phi) is 4.43. The summed E-state index contributed by atoms with van der Waals surface area (Å²) in [6.45, 7) is 1.61. The van der Waals surface area contributed by atoms with Crippen molar-refractivity contribution in [2.24, 2.45) is 0 Å². The molecule has 1 aromatic rings. The molecule has 0 radical (unpaired) electrons. The zero-order valence-electron chi connectivity index (χ0n) is 8.57. The molecule has 0 amide bonds. The highest BCUT2D eigenvalue weighted by atomic mass is 79.9. The number of hydrogen-bond donors (Lipinski definition) is 0. The molecule has 7 heteroatoms. The first-order valence-electron chi connectivity index (χ1n) is 4.51. The van der Waals surface area contributed by atoms with Gasteiger partial charge in [-0.05, 0) is 19.1 Å². The Morgan fingerprint density at radius 3 is 2.53 bits per heavy atom. The first kappa shape index (κ1) is 14.3. The maximum absolute atomic E-state index is 12.7. The Morgan fingerprint density at radius 1 is 1.47 bits per heavy atom. The normalized spacial score (nSPS) is 11.4. The molecule has 0 atom stereocenters. The topological polar surface area (TPSA) is 26.3 Å². The molecule has 0 aromatic heterocycles. The van der Waals surface area contributed by atoms with E-state index in [4.69, 9.17) is 11.6 Å². The number of ether oxygens (including phenoxy) is 1. The first-order chi connectivity index (χ1) is 7.79. The molecular weight excluding hydrogens is 324 g/mol. The van der Waals surface area contributed by atoms with Crippen molar-refractivity contribution in [1.82, 2.24) is 0 Å². The predicted molar refractivity (Wildman–Crippen MR) is 60.1 cm³/mol. The molecule has 0 spiro atoms. The third-order valence-electron chi connectivity index (χ3n) is 1.87. The lowest BCUT2D eigenvalue weighted by atomic mass is 10.1. The van der Waals surface area contributed by atoms with Crippen molar-refractivity contribution in [3.8, 4) is 0 Å².